The van der Waals surface area contributed by atoms with E-state index in [0.29, 0.717) is 45.8 Å². The summed E-state index contributed by atoms with van der Waals surface area (Å²) in [7, 11) is -2.27. The average Bonchev–Trinajstić information content (AvgIpc) is 2.85. The van der Waals surface area contributed by atoms with Crippen LogP contribution in [0, 0.1) is 5.82 Å². The van der Waals surface area contributed by atoms with Crippen molar-refractivity contribution >= 4 is 15.9 Å². The molecule has 27 heavy (non-hydrogen) atoms. The van der Waals surface area contributed by atoms with Gasteiger partial charge in [-0.25, -0.2) is 12.8 Å². The zero-order valence-electron chi connectivity index (χ0n) is 15.5. The van der Waals surface area contributed by atoms with E-state index in [1.165, 1.54) is 22.5 Å². The molecular weight excluding hydrogens is 373 g/mol. The Labute approximate surface area is 159 Å². The van der Waals surface area contributed by atoms with Crippen molar-refractivity contribution in [1.82, 2.24) is 14.1 Å². The minimum atomic E-state index is -3.88. The van der Waals surface area contributed by atoms with E-state index < -0.39 is 15.8 Å². The van der Waals surface area contributed by atoms with E-state index in [4.69, 9.17) is 4.74 Å². The van der Waals surface area contributed by atoms with Crippen LogP contribution in [0.4, 0.5) is 4.39 Å². The molecule has 2 heterocycles. The fraction of sp³-hybridized carbons (Fsp3) is 0.611. The summed E-state index contributed by atoms with van der Waals surface area (Å²) in [5.74, 6) is -0.657. The lowest BCUT2D eigenvalue weighted by atomic mass is 10.2. The molecule has 0 N–H and O–H groups in total. The molecule has 3 rings (SSSR count). The van der Waals surface area contributed by atoms with Crippen molar-refractivity contribution in [3.63, 3.8) is 0 Å². The highest BCUT2D eigenvalue weighted by Crippen LogP contribution is 2.23. The van der Waals surface area contributed by atoms with Gasteiger partial charge in [-0.1, -0.05) is 12.1 Å². The molecule has 2 aliphatic heterocycles. The van der Waals surface area contributed by atoms with Crippen LogP contribution in [0.25, 0.3) is 0 Å². The first-order valence-electron chi connectivity index (χ1n) is 9.21. The maximum absolute atomic E-state index is 14.0. The van der Waals surface area contributed by atoms with Crippen LogP contribution >= 0.6 is 0 Å². The predicted molar refractivity (Wildman–Crippen MR) is 98.2 cm³/mol. The summed E-state index contributed by atoms with van der Waals surface area (Å²) in [6, 6.07) is 5.23. The molecule has 0 aromatic heterocycles. The first-order valence-corrected chi connectivity index (χ1v) is 10.7. The average molecular weight is 399 g/mol. The number of sulfonamides is 1. The van der Waals surface area contributed by atoms with Gasteiger partial charge in [-0.2, -0.15) is 4.31 Å². The largest absolute Gasteiger partial charge is 0.383 e. The second-order valence-electron chi connectivity index (χ2n) is 6.85. The summed E-state index contributed by atoms with van der Waals surface area (Å²) in [5.41, 5.74) is 0. The second-order valence-corrected chi connectivity index (χ2v) is 8.75. The molecule has 2 aliphatic rings. The van der Waals surface area contributed by atoms with Crippen molar-refractivity contribution in [2.45, 2.75) is 23.8 Å². The lowest BCUT2D eigenvalue weighted by molar-refractivity contribution is -0.132. The number of rotatable bonds is 6. The molecule has 2 saturated heterocycles. The molecule has 0 unspecified atom stereocenters. The topological polar surface area (TPSA) is 70.2 Å². The molecule has 1 amide bonds. The lowest BCUT2D eigenvalue weighted by Gasteiger charge is -2.26. The zero-order valence-corrected chi connectivity index (χ0v) is 16.3. The van der Waals surface area contributed by atoms with Gasteiger partial charge in [-0.3, -0.25) is 9.69 Å². The number of amides is 1. The Balaban J connectivity index is 1.66. The van der Waals surface area contributed by atoms with Gasteiger partial charge in [0.1, 0.15) is 10.7 Å². The number of methoxy groups -OCH3 is 1. The normalized spacial score (nSPS) is 23.0. The number of benzene rings is 1. The molecule has 9 heteroatoms. The third kappa shape index (κ3) is 4.31. The highest BCUT2D eigenvalue weighted by molar-refractivity contribution is 7.89. The van der Waals surface area contributed by atoms with Crippen LogP contribution < -0.4 is 0 Å². The molecule has 0 bridgehead atoms. The SMILES string of the molecule is COCCN1CC[C@@H](N2CCCN(S(=O)(=O)c3ccccc3F)CC2)C1=O. The lowest BCUT2D eigenvalue weighted by Crippen LogP contribution is -2.44. The standard InChI is InChI=1S/C18H26FN3O4S/c1-26-14-13-21-10-7-16(18(21)23)20-8-4-9-22(12-11-20)27(24,25)17-6-3-2-5-15(17)19/h2-3,5-6,16H,4,7-14H2,1H3/t16-/m1/s1. The van der Waals surface area contributed by atoms with Gasteiger partial charge in [-0.15, -0.1) is 0 Å². The molecule has 0 saturated carbocycles. The molecule has 7 nitrogen and oxygen atoms in total. The molecular formula is C18H26FN3O4S. The Morgan fingerprint density at radius 1 is 1.15 bits per heavy atom. The summed E-state index contributed by atoms with van der Waals surface area (Å²) >= 11 is 0. The minimum absolute atomic E-state index is 0.0810. The number of nitrogens with zero attached hydrogens (tertiary/aromatic N) is 3. The fourth-order valence-corrected chi connectivity index (χ4v) is 5.28. The van der Waals surface area contributed by atoms with Gasteiger partial charge in [-0.05, 0) is 25.0 Å². The molecule has 150 valence electrons. The summed E-state index contributed by atoms with van der Waals surface area (Å²) in [6.45, 7) is 3.46. The van der Waals surface area contributed by atoms with Crippen LogP contribution in [0.2, 0.25) is 0 Å². The fourth-order valence-electron chi connectivity index (χ4n) is 3.74. The van der Waals surface area contributed by atoms with E-state index in [0.717, 1.165) is 12.5 Å². The molecule has 1 atom stereocenters. The molecule has 0 radical (unpaired) electrons. The molecule has 1 aromatic rings. The number of ether oxygens (including phenoxy) is 1. The number of hydrogen-bond donors (Lipinski definition) is 0. The third-order valence-electron chi connectivity index (χ3n) is 5.22. The summed E-state index contributed by atoms with van der Waals surface area (Å²) in [4.78, 5) is 16.2. The van der Waals surface area contributed by atoms with Crippen LogP contribution in [0.3, 0.4) is 0 Å². The van der Waals surface area contributed by atoms with Crippen molar-refractivity contribution < 1.29 is 22.3 Å². The Kier molecular flexibility index (Phi) is 6.46. The van der Waals surface area contributed by atoms with E-state index in [-0.39, 0.29) is 23.4 Å². The second kappa shape index (κ2) is 8.64. The van der Waals surface area contributed by atoms with Crippen LogP contribution in [-0.4, -0.2) is 87.5 Å². The minimum Gasteiger partial charge on any atom is -0.383 e. The van der Waals surface area contributed by atoms with Crippen molar-refractivity contribution in [3.05, 3.63) is 30.1 Å². The number of carbonyl (C=O) groups is 1. The monoisotopic (exact) mass is 399 g/mol. The summed E-state index contributed by atoms with van der Waals surface area (Å²) < 4.78 is 46.0. The van der Waals surface area contributed by atoms with Gasteiger partial charge in [0, 0.05) is 46.4 Å². The maximum Gasteiger partial charge on any atom is 0.246 e. The third-order valence-corrected chi connectivity index (χ3v) is 7.15. The van der Waals surface area contributed by atoms with E-state index >= 15 is 0 Å². The van der Waals surface area contributed by atoms with Gasteiger partial charge in [0.05, 0.1) is 12.6 Å². The Hall–Kier alpha value is -1.55. The van der Waals surface area contributed by atoms with E-state index in [9.17, 15) is 17.6 Å². The van der Waals surface area contributed by atoms with Gasteiger partial charge in [0.15, 0.2) is 0 Å². The maximum atomic E-state index is 14.0. The number of hydrogen-bond acceptors (Lipinski definition) is 5. The van der Waals surface area contributed by atoms with Gasteiger partial charge >= 0.3 is 0 Å². The van der Waals surface area contributed by atoms with Crippen molar-refractivity contribution in [3.8, 4) is 0 Å². The highest BCUT2D eigenvalue weighted by atomic mass is 32.2. The first kappa shape index (κ1) is 20.2. The van der Waals surface area contributed by atoms with E-state index in [1.807, 2.05) is 0 Å². The van der Waals surface area contributed by atoms with Crippen molar-refractivity contribution in [2.24, 2.45) is 0 Å². The summed E-state index contributed by atoms with van der Waals surface area (Å²) in [6.07, 6.45) is 1.35. The van der Waals surface area contributed by atoms with Gasteiger partial charge in [0.25, 0.3) is 0 Å². The van der Waals surface area contributed by atoms with Crippen molar-refractivity contribution in [1.29, 1.82) is 0 Å². The smallest absolute Gasteiger partial charge is 0.246 e. The molecule has 1 aromatic carbocycles. The van der Waals surface area contributed by atoms with Gasteiger partial charge < -0.3 is 9.64 Å². The Morgan fingerprint density at radius 2 is 1.93 bits per heavy atom. The van der Waals surface area contributed by atoms with Crippen LogP contribution in [-0.2, 0) is 19.6 Å². The van der Waals surface area contributed by atoms with E-state index in [2.05, 4.69) is 4.90 Å². The number of likely N-dealkylation sites (tertiary alicyclic amines) is 1. The summed E-state index contributed by atoms with van der Waals surface area (Å²) in [5, 5.41) is 0. The van der Waals surface area contributed by atoms with Crippen LogP contribution in [0.1, 0.15) is 12.8 Å². The first-order chi connectivity index (χ1) is 12.9. The Morgan fingerprint density at radius 3 is 2.67 bits per heavy atom. The predicted octanol–water partition coefficient (Wildman–Crippen LogP) is 0.769. The molecule has 0 aliphatic carbocycles. The van der Waals surface area contributed by atoms with E-state index in [1.54, 1.807) is 12.0 Å². The quantitative estimate of drug-likeness (QED) is 0.707. The van der Waals surface area contributed by atoms with Gasteiger partial charge in [0.2, 0.25) is 15.9 Å². The highest BCUT2D eigenvalue weighted by Gasteiger charge is 2.37. The zero-order chi connectivity index (χ0) is 19.4. The molecule has 2 fully saturated rings. The number of carbonyl (C=O) groups excluding carboxylic acids is 1. The number of halogens is 1. The molecule has 0 spiro atoms. The van der Waals surface area contributed by atoms with Crippen molar-refractivity contribution in [2.75, 3.05) is 53.0 Å². The van der Waals surface area contributed by atoms with Crippen LogP contribution in [0.15, 0.2) is 29.2 Å². The van der Waals surface area contributed by atoms with Crippen LogP contribution in [0.5, 0.6) is 0 Å². The Bertz CT molecular complexity index is 774.